The monoisotopic (exact) mass is 286 g/mol. The molecule has 0 aromatic carbocycles. The Morgan fingerprint density at radius 2 is 2.05 bits per heavy atom. The molecule has 1 N–H and O–H groups in total. The molecule has 1 atom stereocenters. The Hall–Kier alpha value is -1.08. The summed E-state index contributed by atoms with van der Waals surface area (Å²) in [6.45, 7) is 6.74. The number of nitrogens with zero attached hydrogens (tertiary/aromatic N) is 3. The number of nitrogens with one attached hydrogen (secondary N) is 1. The van der Waals surface area contributed by atoms with Crippen LogP contribution in [-0.2, 0) is 11.3 Å². The zero-order valence-corrected chi connectivity index (χ0v) is 13.0. The Morgan fingerprint density at radius 3 is 2.63 bits per heavy atom. The molecule has 0 bridgehead atoms. The van der Waals surface area contributed by atoms with Gasteiger partial charge in [-0.1, -0.05) is 25.6 Å². The molecule has 1 aromatic rings. The van der Waals surface area contributed by atoms with Crippen LogP contribution < -0.4 is 5.32 Å². The molecule has 0 aliphatic carbocycles. The van der Waals surface area contributed by atoms with Gasteiger partial charge < -0.3 is 14.6 Å². The third-order valence-electron chi connectivity index (χ3n) is 2.62. The van der Waals surface area contributed by atoms with Gasteiger partial charge in [0.05, 0.1) is 12.3 Å². The van der Waals surface area contributed by atoms with Gasteiger partial charge in [0, 0.05) is 6.04 Å². The van der Waals surface area contributed by atoms with Crippen molar-refractivity contribution in [1.29, 1.82) is 0 Å². The lowest BCUT2D eigenvalue weighted by Gasteiger charge is -2.16. The number of hydrogen-bond donors (Lipinski definition) is 1. The quantitative estimate of drug-likeness (QED) is 0.764. The van der Waals surface area contributed by atoms with Crippen molar-refractivity contribution in [2.75, 3.05) is 19.8 Å². The third-order valence-corrected chi connectivity index (χ3v) is 3.43. The highest BCUT2D eigenvalue weighted by Crippen LogP contribution is 2.16. The standard InChI is InChI=1S/C12H22N4O2S/c1-8(2)9(3)13-10(17)7-19-12-15-14-11(18-12)6-16(4)5/h8-9H,6-7H2,1-5H3,(H,13,17)/t9-/m0/s1. The van der Waals surface area contributed by atoms with Crippen LogP contribution in [0.4, 0.5) is 0 Å². The minimum atomic E-state index is -0.0152. The minimum Gasteiger partial charge on any atom is -0.415 e. The molecule has 1 heterocycles. The predicted octanol–water partition coefficient (Wildman–Crippen LogP) is 1.38. The molecule has 7 heteroatoms. The Balaban J connectivity index is 2.36. The maximum absolute atomic E-state index is 11.7. The molecule has 0 radical (unpaired) electrons. The van der Waals surface area contributed by atoms with E-state index in [-0.39, 0.29) is 11.9 Å². The van der Waals surface area contributed by atoms with Crippen LogP contribution in [0.25, 0.3) is 0 Å². The average Bonchev–Trinajstić information content (AvgIpc) is 2.73. The van der Waals surface area contributed by atoms with Crippen molar-refractivity contribution in [3.05, 3.63) is 5.89 Å². The molecule has 1 amide bonds. The van der Waals surface area contributed by atoms with E-state index in [2.05, 4.69) is 29.4 Å². The van der Waals surface area contributed by atoms with Gasteiger partial charge in [-0.05, 0) is 26.9 Å². The van der Waals surface area contributed by atoms with E-state index in [0.717, 1.165) is 0 Å². The maximum atomic E-state index is 11.7. The van der Waals surface area contributed by atoms with Gasteiger partial charge in [-0.15, -0.1) is 10.2 Å². The number of aromatic nitrogens is 2. The summed E-state index contributed by atoms with van der Waals surface area (Å²) < 4.78 is 5.42. The molecule has 0 aliphatic rings. The predicted molar refractivity (Wildman–Crippen MR) is 74.9 cm³/mol. The van der Waals surface area contributed by atoms with Crippen molar-refractivity contribution in [2.24, 2.45) is 5.92 Å². The minimum absolute atomic E-state index is 0.0152. The molecule has 0 spiro atoms. The van der Waals surface area contributed by atoms with Gasteiger partial charge >= 0.3 is 0 Å². The van der Waals surface area contributed by atoms with E-state index in [4.69, 9.17) is 4.42 Å². The fraction of sp³-hybridized carbons (Fsp3) is 0.750. The van der Waals surface area contributed by atoms with Crippen molar-refractivity contribution < 1.29 is 9.21 Å². The largest absolute Gasteiger partial charge is 0.415 e. The molecule has 0 aliphatic heterocycles. The highest BCUT2D eigenvalue weighted by molar-refractivity contribution is 7.99. The average molecular weight is 286 g/mol. The summed E-state index contributed by atoms with van der Waals surface area (Å²) >= 11 is 1.26. The van der Waals surface area contributed by atoms with E-state index in [1.807, 2.05) is 25.9 Å². The highest BCUT2D eigenvalue weighted by Gasteiger charge is 2.13. The normalized spacial score (nSPS) is 13.0. The second kappa shape index (κ2) is 7.49. The first-order valence-corrected chi connectivity index (χ1v) is 7.26. The van der Waals surface area contributed by atoms with Gasteiger partial charge in [0.15, 0.2) is 0 Å². The molecule has 0 saturated heterocycles. The number of hydrogen-bond acceptors (Lipinski definition) is 6. The first-order chi connectivity index (χ1) is 8.88. The van der Waals surface area contributed by atoms with Gasteiger partial charge in [-0.3, -0.25) is 4.79 Å². The molecule has 19 heavy (non-hydrogen) atoms. The summed E-state index contributed by atoms with van der Waals surface area (Å²) in [6.07, 6.45) is 0. The summed E-state index contributed by atoms with van der Waals surface area (Å²) in [5.74, 6) is 1.26. The smallest absolute Gasteiger partial charge is 0.277 e. The van der Waals surface area contributed by atoms with Crippen molar-refractivity contribution in [3.8, 4) is 0 Å². The topological polar surface area (TPSA) is 71.3 Å². The molecule has 1 aromatic heterocycles. The van der Waals surface area contributed by atoms with Gasteiger partial charge in [-0.25, -0.2) is 0 Å². The fourth-order valence-electron chi connectivity index (χ4n) is 1.22. The lowest BCUT2D eigenvalue weighted by atomic mass is 10.1. The van der Waals surface area contributed by atoms with Crippen LogP contribution in [0.15, 0.2) is 9.64 Å². The first-order valence-electron chi connectivity index (χ1n) is 6.27. The van der Waals surface area contributed by atoms with Crippen LogP contribution in [0.1, 0.15) is 26.7 Å². The summed E-state index contributed by atoms with van der Waals surface area (Å²) in [4.78, 5) is 13.6. The Morgan fingerprint density at radius 1 is 1.37 bits per heavy atom. The molecule has 1 rings (SSSR count). The van der Waals surface area contributed by atoms with Crippen LogP contribution >= 0.6 is 11.8 Å². The first kappa shape index (κ1) is 16.0. The van der Waals surface area contributed by atoms with E-state index in [9.17, 15) is 4.79 Å². The molecular formula is C12H22N4O2S. The summed E-state index contributed by atoms with van der Waals surface area (Å²) in [7, 11) is 3.86. The molecular weight excluding hydrogens is 264 g/mol. The van der Waals surface area contributed by atoms with E-state index < -0.39 is 0 Å². The molecule has 0 saturated carbocycles. The SMILES string of the molecule is CC(C)[C@H](C)NC(=O)CSc1nnc(CN(C)C)o1. The summed E-state index contributed by atoms with van der Waals surface area (Å²) in [6, 6.07) is 0.167. The number of rotatable bonds is 7. The number of amides is 1. The van der Waals surface area contributed by atoms with Crippen LogP contribution in [-0.4, -0.2) is 46.9 Å². The molecule has 6 nitrogen and oxygen atoms in total. The second-order valence-electron chi connectivity index (χ2n) is 5.09. The van der Waals surface area contributed by atoms with Gasteiger partial charge in [-0.2, -0.15) is 0 Å². The number of thioether (sulfide) groups is 1. The van der Waals surface area contributed by atoms with Gasteiger partial charge in [0.2, 0.25) is 11.8 Å². The highest BCUT2D eigenvalue weighted by atomic mass is 32.2. The summed E-state index contributed by atoms with van der Waals surface area (Å²) in [5, 5.41) is 11.2. The fourth-order valence-corrected chi connectivity index (χ4v) is 1.81. The third kappa shape index (κ3) is 6.07. The van der Waals surface area contributed by atoms with Crippen molar-refractivity contribution >= 4 is 17.7 Å². The molecule has 0 fully saturated rings. The van der Waals surface area contributed by atoms with Crippen molar-refractivity contribution in [2.45, 2.75) is 38.6 Å². The Bertz CT molecular complexity index is 406. The van der Waals surface area contributed by atoms with Crippen molar-refractivity contribution in [3.63, 3.8) is 0 Å². The zero-order valence-electron chi connectivity index (χ0n) is 12.1. The molecule has 108 valence electrons. The van der Waals surface area contributed by atoms with Crippen LogP contribution in [0, 0.1) is 5.92 Å². The van der Waals surface area contributed by atoms with Gasteiger partial charge in [0.1, 0.15) is 0 Å². The maximum Gasteiger partial charge on any atom is 0.277 e. The van der Waals surface area contributed by atoms with E-state index in [1.54, 1.807) is 0 Å². The zero-order chi connectivity index (χ0) is 14.4. The number of carbonyl (C=O) groups excluding carboxylic acids is 1. The number of carbonyl (C=O) groups is 1. The second-order valence-corrected chi connectivity index (χ2v) is 6.01. The van der Waals surface area contributed by atoms with E-state index >= 15 is 0 Å². The van der Waals surface area contributed by atoms with Gasteiger partial charge in [0.25, 0.3) is 5.22 Å². The lowest BCUT2D eigenvalue weighted by molar-refractivity contribution is -0.119. The lowest BCUT2D eigenvalue weighted by Crippen LogP contribution is -2.37. The van der Waals surface area contributed by atoms with Crippen molar-refractivity contribution in [1.82, 2.24) is 20.4 Å². The Labute approximate surface area is 118 Å². The summed E-state index contributed by atoms with van der Waals surface area (Å²) in [5.41, 5.74) is 0. The molecule has 0 unspecified atom stereocenters. The van der Waals surface area contributed by atoms with Crippen LogP contribution in [0.2, 0.25) is 0 Å². The van der Waals surface area contributed by atoms with Crippen LogP contribution in [0.5, 0.6) is 0 Å². The van der Waals surface area contributed by atoms with E-state index in [0.29, 0.717) is 29.3 Å². The Kier molecular flexibility index (Phi) is 6.30. The van der Waals surface area contributed by atoms with Crippen LogP contribution in [0.3, 0.4) is 0 Å². The van der Waals surface area contributed by atoms with E-state index in [1.165, 1.54) is 11.8 Å².